The maximum absolute atomic E-state index is 2.37. The van der Waals surface area contributed by atoms with Gasteiger partial charge in [0.1, 0.15) is 0 Å². The average molecular weight is 280 g/mol. The van der Waals surface area contributed by atoms with Crippen LogP contribution in [0.15, 0.2) is 53.6 Å². The topological polar surface area (TPSA) is 0 Å². The first-order chi connectivity index (χ1) is 9.99. The van der Waals surface area contributed by atoms with Crippen molar-refractivity contribution < 1.29 is 0 Å². The van der Waals surface area contributed by atoms with Crippen LogP contribution in [0.2, 0.25) is 0 Å². The first-order valence-electron chi connectivity index (χ1n) is 8.09. The standard InChI is InChI=1S/C21H28/c1-17-12-14-19(15-13-17)10-6-5-7-11-20-18(2)9-8-16-21(20,3)4/h6-7,10-15H,5,8-9,16H2,1-4H3/b10-6+,11-7+. The molecular formula is C21H28. The number of hydrogen-bond acceptors (Lipinski definition) is 0. The highest BCUT2D eigenvalue weighted by atomic mass is 14.3. The van der Waals surface area contributed by atoms with E-state index in [1.54, 1.807) is 11.1 Å². The summed E-state index contributed by atoms with van der Waals surface area (Å²) in [5.41, 5.74) is 6.07. The summed E-state index contributed by atoms with van der Waals surface area (Å²) in [5.74, 6) is 0. The Morgan fingerprint density at radius 1 is 1.00 bits per heavy atom. The Bertz CT molecular complexity index is 550. The van der Waals surface area contributed by atoms with Crippen LogP contribution in [-0.4, -0.2) is 0 Å². The van der Waals surface area contributed by atoms with Crippen LogP contribution in [0.4, 0.5) is 0 Å². The summed E-state index contributed by atoms with van der Waals surface area (Å²) in [6, 6.07) is 8.67. The van der Waals surface area contributed by atoms with Crippen molar-refractivity contribution in [2.75, 3.05) is 0 Å². The molecule has 1 aromatic carbocycles. The molecule has 0 saturated carbocycles. The molecule has 0 heterocycles. The second-order valence-corrected chi connectivity index (χ2v) is 6.88. The van der Waals surface area contributed by atoms with Gasteiger partial charge in [0.2, 0.25) is 0 Å². The third kappa shape index (κ3) is 4.46. The Kier molecular flexibility index (Phi) is 5.22. The van der Waals surface area contributed by atoms with Gasteiger partial charge in [0, 0.05) is 0 Å². The van der Waals surface area contributed by atoms with Crippen molar-refractivity contribution in [1.82, 2.24) is 0 Å². The van der Waals surface area contributed by atoms with Gasteiger partial charge in [-0.3, -0.25) is 0 Å². The normalized spacial score (nSPS) is 18.9. The molecule has 0 unspecified atom stereocenters. The van der Waals surface area contributed by atoms with Crippen molar-refractivity contribution >= 4 is 6.08 Å². The van der Waals surface area contributed by atoms with Gasteiger partial charge >= 0.3 is 0 Å². The summed E-state index contributed by atoms with van der Waals surface area (Å²) >= 11 is 0. The van der Waals surface area contributed by atoms with E-state index in [-0.39, 0.29) is 0 Å². The highest BCUT2D eigenvalue weighted by molar-refractivity contribution is 5.49. The van der Waals surface area contributed by atoms with E-state index in [9.17, 15) is 0 Å². The number of rotatable bonds is 4. The minimum Gasteiger partial charge on any atom is -0.0804 e. The van der Waals surface area contributed by atoms with Crippen molar-refractivity contribution in [2.24, 2.45) is 5.41 Å². The quantitative estimate of drug-likeness (QED) is 0.592. The maximum atomic E-state index is 2.37. The molecule has 2 rings (SSSR count). The summed E-state index contributed by atoms with van der Waals surface area (Å²) in [6.45, 7) is 9.16. The molecule has 0 atom stereocenters. The van der Waals surface area contributed by atoms with Gasteiger partial charge in [-0.1, -0.05) is 73.6 Å². The van der Waals surface area contributed by atoms with Gasteiger partial charge in [0.25, 0.3) is 0 Å². The summed E-state index contributed by atoms with van der Waals surface area (Å²) in [6.07, 6.45) is 14.0. The van der Waals surface area contributed by atoms with E-state index < -0.39 is 0 Å². The van der Waals surface area contributed by atoms with E-state index >= 15 is 0 Å². The van der Waals surface area contributed by atoms with E-state index in [0.29, 0.717) is 5.41 Å². The van der Waals surface area contributed by atoms with Gasteiger partial charge in [-0.2, -0.15) is 0 Å². The minimum atomic E-state index is 0.347. The summed E-state index contributed by atoms with van der Waals surface area (Å²) in [7, 11) is 0. The van der Waals surface area contributed by atoms with Gasteiger partial charge in [-0.15, -0.1) is 0 Å². The molecule has 0 nitrogen and oxygen atoms in total. The van der Waals surface area contributed by atoms with E-state index in [1.807, 2.05) is 0 Å². The number of allylic oxidation sites excluding steroid dienone is 5. The van der Waals surface area contributed by atoms with Crippen molar-refractivity contribution in [1.29, 1.82) is 0 Å². The van der Waals surface area contributed by atoms with Crippen molar-refractivity contribution in [3.63, 3.8) is 0 Å². The monoisotopic (exact) mass is 280 g/mol. The molecule has 1 aromatic rings. The van der Waals surface area contributed by atoms with Gasteiger partial charge in [0.15, 0.2) is 0 Å². The lowest BCUT2D eigenvalue weighted by molar-refractivity contribution is 0.376. The molecular weight excluding hydrogens is 252 g/mol. The maximum Gasteiger partial charge on any atom is -0.0104 e. The third-order valence-electron chi connectivity index (χ3n) is 4.49. The van der Waals surface area contributed by atoms with Crippen LogP contribution in [0, 0.1) is 12.3 Å². The van der Waals surface area contributed by atoms with Crippen LogP contribution in [0.5, 0.6) is 0 Å². The fourth-order valence-corrected chi connectivity index (χ4v) is 3.16. The smallest absolute Gasteiger partial charge is 0.0104 e. The molecule has 21 heavy (non-hydrogen) atoms. The largest absolute Gasteiger partial charge is 0.0804 e. The number of aryl methyl sites for hydroxylation is 1. The SMILES string of the molecule is CC1=C(/C=C/C/C=C/c2ccc(C)cc2)C(C)(C)CCC1. The zero-order valence-electron chi connectivity index (χ0n) is 13.9. The molecule has 0 N–H and O–H groups in total. The Balaban J connectivity index is 1.95. The zero-order chi connectivity index (χ0) is 15.3. The zero-order valence-corrected chi connectivity index (χ0v) is 13.9. The molecule has 0 amide bonds. The van der Waals surface area contributed by atoms with E-state index in [2.05, 4.69) is 76.3 Å². The molecule has 112 valence electrons. The third-order valence-corrected chi connectivity index (χ3v) is 4.49. The minimum absolute atomic E-state index is 0.347. The lowest BCUT2D eigenvalue weighted by atomic mass is 9.72. The first-order valence-corrected chi connectivity index (χ1v) is 8.09. The Morgan fingerprint density at radius 3 is 2.33 bits per heavy atom. The second kappa shape index (κ2) is 6.93. The Hall–Kier alpha value is -1.56. The molecule has 0 fully saturated rings. The average Bonchev–Trinajstić information content (AvgIpc) is 2.43. The fraction of sp³-hybridized carbons (Fsp3) is 0.429. The van der Waals surface area contributed by atoms with Gasteiger partial charge < -0.3 is 0 Å². The van der Waals surface area contributed by atoms with E-state index in [1.165, 1.54) is 30.4 Å². The molecule has 0 spiro atoms. The Labute approximate surface area is 130 Å². The van der Waals surface area contributed by atoms with E-state index in [4.69, 9.17) is 0 Å². The summed E-state index contributed by atoms with van der Waals surface area (Å²) in [5, 5.41) is 0. The van der Waals surface area contributed by atoms with Crippen LogP contribution in [-0.2, 0) is 0 Å². The summed E-state index contributed by atoms with van der Waals surface area (Å²) in [4.78, 5) is 0. The van der Waals surface area contributed by atoms with Crippen LogP contribution >= 0.6 is 0 Å². The Morgan fingerprint density at radius 2 is 1.67 bits per heavy atom. The highest BCUT2D eigenvalue weighted by Gasteiger charge is 2.26. The lowest BCUT2D eigenvalue weighted by Gasteiger charge is -2.32. The summed E-state index contributed by atoms with van der Waals surface area (Å²) < 4.78 is 0. The molecule has 0 saturated heterocycles. The predicted octanol–water partition coefficient (Wildman–Crippen LogP) is 6.48. The van der Waals surface area contributed by atoms with Crippen LogP contribution in [0.1, 0.15) is 57.6 Å². The molecule has 0 aromatic heterocycles. The van der Waals surface area contributed by atoms with Crippen molar-refractivity contribution in [2.45, 2.75) is 53.4 Å². The fourth-order valence-electron chi connectivity index (χ4n) is 3.16. The molecule has 1 aliphatic carbocycles. The molecule has 0 heteroatoms. The number of hydrogen-bond donors (Lipinski definition) is 0. The second-order valence-electron chi connectivity index (χ2n) is 6.88. The van der Waals surface area contributed by atoms with Gasteiger partial charge in [-0.05, 0) is 56.1 Å². The molecule has 0 aliphatic heterocycles. The van der Waals surface area contributed by atoms with Gasteiger partial charge in [-0.25, -0.2) is 0 Å². The van der Waals surface area contributed by atoms with E-state index in [0.717, 1.165) is 6.42 Å². The first kappa shape index (κ1) is 15.8. The molecule has 0 radical (unpaired) electrons. The molecule has 1 aliphatic rings. The lowest BCUT2D eigenvalue weighted by Crippen LogP contribution is -2.18. The van der Waals surface area contributed by atoms with Crippen molar-refractivity contribution in [3.8, 4) is 0 Å². The van der Waals surface area contributed by atoms with Crippen LogP contribution < -0.4 is 0 Å². The predicted molar refractivity (Wildman–Crippen MR) is 94.3 cm³/mol. The van der Waals surface area contributed by atoms with Crippen LogP contribution in [0.3, 0.4) is 0 Å². The van der Waals surface area contributed by atoms with Crippen LogP contribution in [0.25, 0.3) is 6.08 Å². The van der Waals surface area contributed by atoms with Gasteiger partial charge in [0.05, 0.1) is 0 Å². The molecule has 0 bridgehead atoms. The highest BCUT2D eigenvalue weighted by Crippen LogP contribution is 2.40. The van der Waals surface area contributed by atoms with Crippen molar-refractivity contribution in [3.05, 3.63) is 64.8 Å². The number of benzene rings is 1.